The Labute approximate surface area is 265 Å². The molecule has 0 amide bonds. The van der Waals surface area contributed by atoms with E-state index in [1.165, 1.54) is 0 Å². The predicted octanol–water partition coefficient (Wildman–Crippen LogP) is 8.04. The highest BCUT2D eigenvalue weighted by atomic mass is 32.2. The van der Waals surface area contributed by atoms with E-state index in [1.54, 1.807) is 18.0 Å². The number of pyridine rings is 1. The van der Waals surface area contributed by atoms with Crippen LogP contribution in [0.15, 0.2) is 162 Å². The quantitative estimate of drug-likeness (QED) is 0.182. The number of fused-ring (bicyclic) bond motifs is 2. The van der Waals surface area contributed by atoms with Gasteiger partial charge < -0.3 is 4.57 Å². The van der Waals surface area contributed by atoms with Crippen LogP contribution in [0.1, 0.15) is 0 Å². The second-order valence-corrected chi connectivity index (χ2v) is 14.4. The highest BCUT2D eigenvalue weighted by Gasteiger charge is 2.38. The Morgan fingerprint density at radius 1 is 0.467 bits per heavy atom. The number of hydrogen-bond acceptors (Lipinski definition) is 6. The third kappa shape index (κ3) is 4.98. The molecule has 1 unspecified atom stereocenters. The van der Waals surface area contributed by atoms with Gasteiger partial charge in [0.15, 0.2) is 24.6 Å². The van der Waals surface area contributed by atoms with Crippen molar-refractivity contribution >= 4 is 34.8 Å². The molecule has 0 bridgehead atoms. The highest BCUT2D eigenvalue weighted by Crippen LogP contribution is 2.52. The lowest BCUT2D eigenvalue weighted by atomic mass is 10.1. The zero-order chi connectivity index (χ0) is 30.2. The first-order valence-corrected chi connectivity index (χ1v) is 17.1. The van der Waals surface area contributed by atoms with Crippen LogP contribution in [-0.2, 0) is 4.57 Å². The van der Waals surface area contributed by atoms with Gasteiger partial charge in [0, 0.05) is 54.2 Å². The maximum absolute atomic E-state index is 15.1. The number of rotatable bonds is 5. The van der Waals surface area contributed by atoms with E-state index >= 15 is 4.57 Å². The van der Waals surface area contributed by atoms with Crippen molar-refractivity contribution < 1.29 is 4.57 Å². The van der Waals surface area contributed by atoms with E-state index in [4.69, 9.17) is 19.9 Å². The Bertz CT molecular complexity index is 2150. The van der Waals surface area contributed by atoms with Gasteiger partial charge in [0.05, 0.1) is 5.69 Å². The average molecular weight is 617 g/mol. The second-order valence-electron chi connectivity index (χ2n) is 10.7. The Balaban J connectivity index is 1.20. The molecule has 1 aliphatic heterocycles. The number of hydrogen-bond donors (Lipinski definition) is 0. The van der Waals surface area contributed by atoms with Gasteiger partial charge in [-0.2, -0.15) is 0 Å². The van der Waals surface area contributed by atoms with Gasteiger partial charge in [0.2, 0.25) is 0 Å². The lowest BCUT2D eigenvalue weighted by Crippen LogP contribution is -2.30. The minimum Gasteiger partial charge on any atom is -0.309 e. The zero-order valence-electron chi connectivity index (χ0n) is 24.0. The fourth-order valence-corrected chi connectivity index (χ4v) is 10.3. The van der Waals surface area contributed by atoms with Crippen molar-refractivity contribution in [2.24, 2.45) is 0 Å². The molecule has 1 aliphatic rings. The van der Waals surface area contributed by atoms with E-state index in [9.17, 15) is 0 Å². The molecule has 7 aromatic rings. The van der Waals surface area contributed by atoms with E-state index < -0.39 is 7.14 Å². The average Bonchev–Trinajstić information content (AvgIpc) is 3.12. The summed E-state index contributed by atoms with van der Waals surface area (Å²) in [5, 5.41) is 2.56. The molecular formula is C38H25N4OPS. The van der Waals surface area contributed by atoms with E-state index in [1.807, 2.05) is 121 Å². The lowest BCUT2D eigenvalue weighted by molar-refractivity contribution is 0.591. The molecule has 0 fully saturated rings. The van der Waals surface area contributed by atoms with Gasteiger partial charge >= 0.3 is 0 Å². The van der Waals surface area contributed by atoms with E-state index in [2.05, 4.69) is 24.3 Å². The van der Waals surface area contributed by atoms with Crippen LogP contribution in [0.3, 0.4) is 0 Å². The van der Waals surface area contributed by atoms with Crippen LogP contribution in [0.2, 0.25) is 0 Å². The van der Waals surface area contributed by atoms with Gasteiger partial charge in [-0.15, -0.1) is 0 Å². The molecule has 214 valence electrons. The fourth-order valence-electron chi connectivity index (χ4n) is 5.61. The molecule has 8 rings (SSSR count). The van der Waals surface area contributed by atoms with Gasteiger partial charge in [0.1, 0.15) is 0 Å². The fraction of sp³-hybridized carbons (Fsp3) is 0. The van der Waals surface area contributed by atoms with Gasteiger partial charge in [0.25, 0.3) is 0 Å². The van der Waals surface area contributed by atoms with Gasteiger partial charge in [-0.25, -0.2) is 15.0 Å². The monoisotopic (exact) mass is 616 g/mol. The van der Waals surface area contributed by atoms with Crippen LogP contribution in [0.4, 0.5) is 0 Å². The molecule has 5 nitrogen and oxygen atoms in total. The minimum atomic E-state index is -3.10. The van der Waals surface area contributed by atoms with E-state index in [0.717, 1.165) is 53.7 Å². The van der Waals surface area contributed by atoms with Crippen molar-refractivity contribution in [3.63, 3.8) is 0 Å². The molecule has 0 saturated carbocycles. The highest BCUT2D eigenvalue weighted by molar-refractivity contribution is 8.02. The molecule has 0 N–H and O–H groups in total. The number of aromatic nitrogens is 4. The van der Waals surface area contributed by atoms with Crippen molar-refractivity contribution in [1.82, 2.24) is 19.9 Å². The first-order chi connectivity index (χ1) is 22.2. The Hall–Kier alpha value is -5.16. The van der Waals surface area contributed by atoms with Crippen molar-refractivity contribution in [1.29, 1.82) is 0 Å². The molecule has 1 atom stereocenters. The van der Waals surface area contributed by atoms with Crippen LogP contribution >= 0.6 is 18.9 Å². The molecule has 2 aromatic heterocycles. The van der Waals surface area contributed by atoms with Crippen LogP contribution in [0, 0.1) is 0 Å². The lowest BCUT2D eigenvalue weighted by Gasteiger charge is -2.29. The molecule has 3 heterocycles. The van der Waals surface area contributed by atoms with Crippen molar-refractivity contribution in [3.8, 4) is 45.4 Å². The maximum atomic E-state index is 15.1. The van der Waals surface area contributed by atoms with Gasteiger partial charge in [-0.05, 0) is 36.4 Å². The summed E-state index contributed by atoms with van der Waals surface area (Å²) in [6, 6.07) is 47.8. The van der Waals surface area contributed by atoms with E-state index in [-0.39, 0.29) is 0 Å². The molecule has 5 aromatic carbocycles. The maximum Gasteiger partial charge on any atom is 0.173 e. The Kier molecular flexibility index (Phi) is 6.94. The summed E-state index contributed by atoms with van der Waals surface area (Å²) in [6.07, 6.45) is 1.80. The van der Waals surface area contributed by atoms with E-state index in [0.29, 0.717) is 17.5 Å². The Morgan fingerprint density at radius 2 is 1.00 bits per heavy atom. The third-order valence-electron chi connectivity index (χ3n) is 7.86. The van der Waals surface area contributed by atoms with Gasteiger partial charge in [-0.3, -0.25) is 4.98 Å². The molecule has 0 spiro atoms. The normalized spacial score (nSPS) is 15.2. The molecule has 0 aliphatic carbocycles. The smallest absolute Gasteiger partial charge is 0.173 e. The summed E-state index contributed by atoms with van der Waals surface area (Å²) in [5.41, 5.74) is 4.30. The molecule has 45 heavy (non-hydrogen) atoms. The molecule has 0 radical (unpaired) electrons. The van der Waals surface area contributed by atoms with Crippen molar-refractivity contribution in [2.75, 3.05) is 0 Å². The summed E-state index contributed by atoms with van der Waals surface area (Å²) < 4.78 is 15.1. The predicted molar refractivity (Wildman–Crippen MR) is 183 cm³/mol. The number of nitrogens with zero attached hydrogens (tertiary/aromatic N) is 4. The van der Waals surface area contributed by atoms with Crippen LogP contribution in [0.5, 0.6) is 0 Å². The second kappa shape index (κ2) is 11.4. The summed E-state index contributed by atoms with van der Waals surface area (Å²) in [7, 11) is -3.10. The first kappa shape index (κ1) is 27.4. The molecule has 7 heteroatoms. The standard InChI is InChI=1S/C38H25N4OPS/c43-44(30-16-8-3-9-17-30)32-18-10-11-19-34(32)45-35-23-21-28(24-33(35)44)31-22-20-29(25-39-31)38-41-36(26-12-4-1-5-13-26)40-37(42-38)27-14-6-2-7-15-27/h1-25H. The summed E-state index contributed by atoms with van der Waals surface area (Å²) in [5.74, 6) is 1.76. The summed E-state index contributed by atoms with van der Waals surface area (Å²) in [6.45, 7) is 0. The van der Waals surface area contributed by atoms with Gasteiger partial charge in [-0.1, -0.05) is 121 Å². The summed E-state index contributed by atoms with van der Waals surface area (Å²) in [4.78, 5) is 21.3. The first-order valence-electron chi connectivity index (χ1n) is 14.6. The largest absolute Gasteiger partial charge is 0.309 e. The van der Waals surface area contributed by atoms with Crippen molar-refractivity contribution in [3.05, 3.63) is 152 Å². The van der Waals surface area contributed by atoms with Crippen LogP contribution in [-0.4, -0.2) is 19.9 Å². The zero-order valence-corrected chi connectivity index (χ0v) is 25.7. The Morgan fingerprint density at radius 3 is 1.62 bits per heavy atom. The molecule has 0 saturated heterocycles. The topological polar surface area (TPSA) is 68.6 Å². The van der Waals surface area contributed by atoms with Crippen LogP contribution < -0.4 is 15.9 Å². The molecular weight excluding hydrogens is 591 g/mol. The SMILES string of the molecule is O=P1(c2ccccc2)c2ccccc2Sc2ccc(-c3ccc(-c4nc(-c5ccccc5)nc(-c5ccccc5)n4)cn3)cc21. The van der Waals surface area contributed by atoms with Crippen LogP contribution in [0.25, 0.3) is 45.4 Å². The van der Waals surface area contributed by atoms with Crippen molar-refractivity contribution in [2.45, 2.75) is 9.79 Å². The number of benzene rings is 5. The third-order valence-corrected chi connectivity index (χ3v) is 12.5. The minimum absolute atomic E-state index is 0.550. The summed E-state index contributed by atoms with van der Waals surface area (Å²) >= 11 is 1.67.